The van der Waals surface area contributed by atoms with Crippen molar-refractivity contribution in [3.05, 3.63) is 50.8 Å². The van der Waals surface area contributed by atoms with Gasteiger partial charge >= 0.3 is 0 Å². The zero-order valence-corrected chi connectivity index (χ0v) is 16.2. The molecule has 9 nitrogen and oxygen atoms in total. The molecule has 0 saturated carbocycles. The first-order valence-corrected chi connectivity index (χ1v) is 9.14. The van der Waals surface area contributed by atoms with E-state index in [9.17, 15) is 19.5 Å². The lowest BCUT2D eigenvalue weighted by Crippen LogP contribution is -2.39. The van der Waals surface area contributed by atoms with E-state index in [4.69, 9.17) is 5.26 Å². The van der Waals surface area contributed by atoms with Gasteiger partial charge in [0.05, 0.1) is 16.8 Å². The van der Waals surface area contributed by atoms with Gasteiger partial charge in [-0.05, 0) is 31.9 Å². The van der Waals surface area contributed by atoms with E-state index in [0.29, 0.717) is 12.8 Å². The zero-order valence-electron chi connectivity index (χ0n) is 16.2. The van der Waals surface area contributed by atoms with E-state index in [1.807, 2.05) is 13.8 Å². The molecule has 0 aliphatic carbocycles. The molecule has 0 saturated heterocycles. The van der Waals surface area contributed by atoms with Gasteiger partial charge in [-0.2, -0.15) is 5.26 Å². The molecule has 2 N–H and O–H groups in total. The number of carbonyl (C=O) groups excluding carboxylic acids is 2. The third kappa shape index (κ3) is 3.18. The maximum absolute atomic E-state index is 12.9. The van der Waals surface area contributed by atoms with E-state index >= 15 is 0 Å². The molecule has 9 heteroatoms. The van der Waals surface area contributed by atoms with E-state index < -0.39 is 17.3 Å². The van der Waals surface area contributed by atoms with Gasteiger partial charge in [0, 0.05) is 11.6 Å². The Labute approximate surface area is 166 Å². The molecule has 0 radical (unpaired) electrons. The predicted octanol–water partition coefficient (Wildman–Crippen LogP) is 3.46. The fourth-order valence-corrected chi connectivity index (χ4v) is 3.41. The fourth-order valence-electron chi connectivity index (χ4n) is 3.41. The Morgan fingerprint density at radius 3 is 2.48 bits per heavy atom. The number of fused-ring (bicyclic) bond motifs is 1. The van der Waals surface area contributed by atoms with Crippen LogP contribution in [-0.4, -0.2) is 32.8 Å². The Kier molecular flexibility index (Phi) is 5.28. The molecule has 2 amide bonds. The number of hydrogen-bond donors (Lipinski definition) is 2. The van der Waals surface area contributed by atoms with Crippen molar-refractivity contribution in [1.29, 1.82) is 5.26 Å². The number of azo groups is 1. The minimum absolute atomic E-state index is 0.122. The van der Waals surface area contributed by atoms with Crippen LogP contribution >= 0.6 is 0 Å². The van der Waals surface area contributed by atoms with Crippen molar-refractivity contribution in [3.8, 4) is 11.9 Å². The highest BCUT2D eigenvalue weighted by Crippen LogP contribution is 2.34. The quantitative estimate of drug-likeness (QED) is 0.591. The number of nitrogens with one attached hydrogen (secondary N) is 1. The number of H-pyrrole nitrogens is 1. The summed E-state index contributed by atoms with van der Waals surface area (Å²) in [5.74, 6) is -1.36. The van der Waals surface area contributed by atoms with Crippen LogP contribution in [0.1, 0.15) is 58.5 Å². The Balaban J connectivity index is 2.09. The summed E-state index contributed by atoms with van der Waals surface area (Å²) in [4.78, 5) is 41.2. The number of amides is 2. The van der Waals surface area contributed by atoms with Crippen molar-refractivity contribution in [2.75, 3.05) is 0 Å². The molecule has 0 bridgehead atoms. The van der Waals surface area contributed by atoms with Gasteiger partial charge in [-0.3, -0.25) is 24.3 Å². The highest BCUT2D eigenvalue weighted by Gasteiger charge is 2.40. The van der Waals surface area contributed by atoms with Gasteiger partial charge in [0.1, 0.15) is 11.6 Å². The maximum atomic E-state index is 12.9. The third-order valence-electron chi connectivity index (χ3n) is 5.02. The summed E-state index contributed by atoms with van der Waals surface area (Å²) >= 11 is 0. The van der Waals surface area contributed by atoms with E-state index in [1.165, 1.54) is 17.9 Å². The Morgan fingerprint density at radius 1 is 1.17 bits per heavy atom. The zero-order chi connectivity index (χ0) is 21.3. The topological polar surface area (TPSA) is 139 Å². The number of aromatic nitrogens is 1. The molecule has 148 valence electrons. The van der Waals surface area contributed by atoms with E-state index in [2.05, 4.69) is 15.2 Å². The van der Waals surface area contributed by atoms with Crippen LogP contribution in [0.5, 0.6) is 5.88 Å². The van der Waals surface area contributed by atoms with Gasteiger partial charge in [-0.1, -0.05) is 19.9 Å². The summed E-state index contributed by atoms with van der Waals surface area (Å²) in [5, 5.41) is 26.7. The summed E-state index contributed by atoms with van der Waals surface area (Å²) in [6, 6.07) is 6.24. The van der Waals surface area contributed by atoms with Crippen molar-refractivity contribution < 1.29 is 14.7 Å². The minimum Gasteiger partial charge on any atom is -0.494 e. The Bertz CT molecular complexity index is 1140. The van der Waals surface area contributed by atoms with Gasteiger partial charge in [0.25, 0.3) is 17.4 Å². The molecule has 0 atom stereocenters. The largest absolute Gasteiger partial charge is 0.494 e. The number of pyridine rings is 1. The second-order valence-electron chi connectivity index (χ2n) is 6.61. The van der Waals surface area contributed by atoms with Gasteiger partial charge in [-0.25, -0.2) is 0 Å². The highest BCUT2D eigenvalue weighted by molar-refractivity contribution is 6.23. The van der Waals surface area contributed by atoms with Crippen molar-refractivity contribution in [3.63, 3.8) is 0 Å². The average Bonchev–Trinajstić information content (AvgIpc) is 2.95. The van der Waals surface area contributed by atoms with Crippen LogP contribution in [-0.2, 0) is 0 Å². The predicted molar refractivity (Wildman–Crippen MR) is 104 cm³/mol. The highest BCUT2D eigenvalue weighted by atomic mass is 16.3. The maximum Gasteiger partial charge on any atom is 0.278 e. The molecule has 1 aliphatic heterocycles. The standard InChI is InChI=1S/C20H19N5O4/c1-4-11(5-2)25-19(28)12-7-6-8-14(15(12)20(25)29)23-24-16-10(3)13(9-21)17(26)22-18(16)27/h6-8,11H,4-5H2,1-3H3,(H2,22,26,27). The summed E-state index contributed by atoms with van der Waals surface area (Å²) in [6.45, 7) is 5.27. The van der Waals surface area contributed by atoms with Gasteiger partial charge in [0.15, 0.2) is 5.69 Å². The molecule has 2 heterocycles. The Hall–Kier alpha value is -3.80. The first-order valence-electron chi connectivity index (χ1n) is 9.14. The van der Waals surface area contributed by atoms with Crippen LogP contribution in [0.4, 0.5) is 11.4 Å². The first kappa shape index (κ1) is 19.9. The van der Waals surface area contributed by atoms with Gasteiger partial charge < -0.3 is 5.11 Å². The monoisotopic (exact) mass is 393 g/mol. The van der Waals surface area contributed by atoms with Gasteiger partial charge in [0.2, 0.25) is 5.88 Å². The van der Waals surface area contributed by atoms with Crippen molar-refractivity contribution in [2.24, 2.45) is 10.2 Å². The molecular weight excluding hydrogens is 374 g/mol. The number of carbonyl (C=O) groups is 2. The summed E-state index contributed by atoms with van der Waals surface area (Å²) < 4.78 is 0. The first-order chi connectivity index (χ1) is 13.8. The molecule has 1 aliphatic rings. The van der Waals surface area contributed by atoms with Crippen LogP contribution in [0.2, 0.25) is 0 Å². The number of benzene rings is 1. The molecule has 3 rings (SSSR count). The molecule has 0 spiro atoms. The van der Waals surface area contributed by atoms with Crippen LogP contribution in [0.15, 0.2) is 33.2 Å². The fraction of sp³-hybridized carbons (Fsp3) is 0.300. The molecule has 1 aromatic heterocycles. The van der Waals surface area contributed by atoms with Crippen LogP contribution in [0.3, 0.4) is 0 Å². The third-order valence-corrected chi connectivity index (χ3v) is 5.02. The number of nitriles is 1. The van der Waals surface area contributed by atoms with Gasteiger partial charge in [-0.15, -0.1) is 10.2 Å². The summed E-state index contributed by atoms with van der Waals surface area (Å²) in [6.07, 6.45) is 1.27. The number of rotatable bonds is 5. The van der Waals surface area contributed by atoms with E-state index in [1.54, 1.807) is 18.2 Å². The van der Waals surface area contributed by atoms with E-state index in [0.717, 1.165) is 0 Å². The lowest BCUT2D eigenvalue weighted by atomic mass is 10.1. The number of aromatic amines is 1. The molecule has 2 aromatic rings. The molecule has 0 fully saturated rings. The number of imide groups is 1. The normalized spacial score (nSPS) is 13.4. The number of hydrogen-bond acceptors (Lipinski definition) is 7. The van der Waals surface area contributed by atoms with Crippen molar-refractivity contribution >= 4 is 23.2 Å². The average molecular weight is 393 g/mol. The SMILES string of the molecule is CCC(CC)N1C(=O)c2cccc(N=Nc3c(C)c(C#N)c(O)[nH]c3=O)c2C1=O. The molecule has 0 unspecified atom stereocenters. The lowest BCUT2D eigenvalue weighted by molar-refractivity contribution is 0.0576. The minimum atomic E-state index is -0.726. The number of aromatic hydroxyl groups is 1. The molecule has 29 heavy (non-hydrogen) atoms. The van der Waals surface area contributed by atoms with Crippen molar-refractivity contribution in [1.82, 2.24) is 9.88 Å². The number of nitrogens with zero attached hydrogens (tertiary/aromatic N) is 4. The van der Waals surface area contributed by atoms with Crippen LogP contribution in [0, 0.1) is 18.3 Å². The molecular formula is C20H19N5O4. The second kappa shape index (κ2) is 7.67. The summed E-state index contributed by atoms with van der Waals surface area (Å²) in [5.41, 5.74) is -0.315. The summed E-state index contributed by atoms with van der Waals surface area (Å²) in [7, 11) is 0. The smallest absolute Gasteiger partial charge is 0.278 e. The van der Waals surface area contributed by atoms with E-state index in [-0.39, 0.29) is 45.6 Å². The van der Waals surface area contributed by atoms with Crippen LogP contribution in [0.25, 0.3) is 0 Å². The second-order valence-corrected chi connectivity index (χ2v) is 6.61. The van der Waals surface area contributed by atoms with Crippen molar-refractivity contribution in [2.45, 2.75) is 39.7 Å². The Morgan fingerprint density at radius 2 is 1.86 bits per heavy atom. The molecule has 1 aromatic carbocycles. The lowest BCUT2D eigenvalue weighted by Gasteiger charge is -2.23. The van der Waals surface area contributed by atoms with Crippen LogP contribution < -0.4 is 5.56 Å².